The first-order valence-corrected chi connectivity index (χ1v) is 10.7. The van der Waals surface area contributed by atoms with Crippen molar-refractivity contribution in [2.75, 3.05) is 5.73 Å². The first-order valence-electron chi connectivity index (χ1n) is 10.7. The van der Waals surface area contributed by atoms with Crippen LogP contribution in [-0.2, 0) is 23.7 Å². The van der Waals surface area contributed by atoms with Crippen LogP contribution in [-0.4, -0.2) is 50.6 Å². The SMILES string of the molecule is CCCC(CC)OC(=O)O[C@@]1(C#N)O[C@@H](c2ccc3c(N)ncnn23)[C@@H]2OC(C)(C)O[C@@H]21. The summed E-state index contributed by atoms with van der Waals surface area (Å²) in [6.45, 7) is 7.34. The van der Waals surface area contributed by atoms with Crippen LogP contribution < -0.4 is 5.73 Å². The Hall–Kier alpha value is -2.94. The number of nitrogen functional groups attached to an aromatic ring is 1. The van der Waals surface area contributed by atoms with Gasteiger partial charge in [0.1, 0.15) is 36.2 Å². The molecule has 0 radical (unpaired) electrons. The Bertz CT molecular complexity index is 1050. The number of anilines is 1. The molecule has 0 amide bonds. The van der Waals surface area contributed by atoms with Gasteiger partial charge < -0.3 is 29.4 Å². The van der Waals surface area contributed by atoms with Crippen molar-refractivity contribution >= 4 is 17.5 Å². The van der Waals surface area contributed by atoms with E-state index in [-0.39, 0.29) is 11.9 Å². The molecule has 172 valence electrons. The first-order chi connectivity index (χ1) is 15.2. The summed E-state index contributed by atoms with van der Waals surface area (Å²) in [7, 11) is 0. The van der Waals surface area contributed by atoms with Gasteiger partial charge in [0.15, 0.2) is 17.7 Å². The van der Waals surface area contributed by atoms with E-state index in [0.717, 1.165) is 6.42 Å². The molecule has 5 atom stereocenters. The molecule has 0 spiro atoms. The molecule has 4 rings (SSSR count). The number of fused-ring (bicyclic) bond motifs is 2. The van der Waals surface area contributed by atoms with Gasteiger partial charge in [-0.25, -0.2) is 14.3 Å². The van der Waals surface area contributed by atoms with Crippen molar-refractivity contribution in [2.45, 2.75) is 82.9 Å². The van der Waals surface area contributed by atoms with Crippen LogP contribution in [0.5, 0.6) is 0 Å². The van der Waals surface area contributed by atoms with Crippen LogP contribution in [0.1, 0.15) is 58.8 Å². The molecule has 1 unspecified atom stereocenters. The molecule has 0 aromatic carbocycles. The van der Waals surface area contributed by atoms with Crippen molar-refractivity contribution < 1.29 is 28.5 Å². The summed E-state index contributed by atoms with van der Waals surface area (Å²) in [6, 6.07) is 5.46. The molecule has 2 N–H and O–H groups in total. The van der Waals surface area contributed by atoms with Crippen molar-refractivity contribution in [3.05, 3.63) is 24.2 Å². The number of hydrogen-bond acceptors (Lipinski definition) is 10. The molecule has 32 heavy (non-hydrogen) atoms. The Balaban J connectivity index is 1.67. The van der Waals surface area contributed by atoms with Crippen LogP contribution in [0.15, 0.2) is 18.5 Å². The number of ether oxygens (including phenoxy) is 5. The zero-order chi connectivity index (χ0) is 23.1. The van der Waals surface area contributed by atoms with E-state index in [4.69, 9.17) is 29.4 Å². The first kappa shape index (κ1) is 22.3. The van der Waals surface area contributed by atoms with Gasteiger partial charge in [-0.3, -0.25) is 0 Å². The van der Waals surface area contributed by atoms with Crippen molar-refractivity contribution in [2.24, 2.45) is 0 Å². The Labute approximate surface area is 185 Å². The molecular formula is C21H27N5O6. The van der Waals surface area contributed by atoms with Crippen LogP contribution >= 0.6 is 0 Å². The summed E-state index contributed by atoms with van der Waals surface area (Å²) >= 11 is 0. The number of nitriles is 1. The summed E-state index contributed by atoms with van der Waals surface area (Å²) < 4.78 is 30.5. The fourth-order valence-corrected chi connectivity index (χ4v) is 4.19. The number of hydrogen-bond donors (Lipinski definition) is 1. The molecule has 2 aliphatic rings. The highest BCUT2D eigenvalue weighted by atomic mass is 16.9. The molecule has 2 aromatic heterocycles. The molecule has 4 heterocycles. The molecule has 2 aliphatic heterocycles. The second-order valence-corrected chi connectivity index (χ2v) is 8.33. The topological polar surface area (TPSA) is 143 Å². The van der Waals surface area contributed by atoms with Crippen LogP contribution in [0.3, 0.4) is 0 Å². The summed E-state index contributed by atoms with van der Waals surface area (Å²) in [6.07, 6.45) is -0.418. The molecule has 11 nitrogen and oxygen atoms in total. The number of aromatic nitrogens is 3. The van der Waals surface area contributed by atoms with E-state index in [1.54, 1.807) is 30.5 Å². The monoisotopic (exact) mass is 445 g/mol. The van der Waals surface area contributed by atoms with Gasteiger partial charge in [0.05, 0.1) is 5.69 Å². The molecule has 11 heteroatoms. The van der Waals surface area contributed by atoms with Crippen molar-refractivity contribution in [1.29, 1.82) is 5.26 Å². The van der Waals surface area contributed by atoms with Crippen LogP contribution in [0, 0.1) is 11.3 Å². The smallest absolute Gasteiger partial charge is 0.431 e. The summed E-state index contributed by atoms with van der Waals surface area (Å²) in [5.74, 6) is -2.80. The van der Waals surface area contributed by atoms with E-state index in [0.29, 0.717) is 24.1 Å². The standard InChI is InChI=1S/C21H27N5O6/c1-5-7-12(6-2)28-19(27)32-21(10-22)17-16(29-20(3,4)31-17)15(30-21)13-8-9-14-18(23)24-11-25-26(13)14/h8-9,11-12,15-17H,5-7H2,1-4H3,(H2,23,24,25)/t12?,15-,16-,17-,21+/m0/s1. The number of nitrogens with zero attached hydrogens (tertiary/aromatic N) is 4. The number of nitrogens with two attached hydrogens (primary N) is 1. The Kier molecular flexibility index (Phi) is 5.70. The van der Waals surface area contributed by atoms with Gasteiger partial charge in [0.25, 0.3) is 0 Å². The molecule has 2 fully saturated rings. The highest BCUT2D eigenvalue weighted by molar-refractivity contribution is 5.65. The lowest BCUT2D eigenvalue weighted by Crippen LogP contribution is -2.46. The molecule has 0 aliphatic carbocycles. The average molecular weight is 445 g/mol. The van der Waals surface area contributed by atoms with Gasteiger partial charge in [-0.05, 0) is 38.8 Å². The van der Waals surface area contributed by atoms with E-state index >= 15 is 0 Å². The van der Waals surface area contributed by atoms with Gasteiger partial charge in [-0.15, -0.1) is 0 Å². The zero-order valence-corrected chi connectivity index (χ0v) is 18.5. The minimum atomic E-state index is -2.06. The predicted octanol–water partition coefficient (Wildman–Crippen LogP) is 2.85. The lowest BCUT2D eigenvalue weighted by molar-refractivity contribution is -0.255. The Morgan fingerprint density at radius 2 is 2.12 bits per heavy atom. The number of carbonyl (C=O) groups excluding carboxylic acids is 1. The lowest BCUT2D eigenvalue weighted by Gasteiger charge is -2.28. The van der Waals surface area contributed by atoms with Crippen molar-refractivity contribution in [3.63, 3.8) is 0 Å². The van der Waals surface area contributed by atoms with Crippen LogP contribution in [0.2, 0.25) is 0 Å². The second kappa shape index (κ2) is 8.20. The third-order valence-corrected chi connectivity index (χ3v) is 5.63. The van der Waals surface area contributed by atoms with Gasteiger partial charge in [-0.1, -0.05) is 20.3 Å². The fourth-order valence-electron chi connectivity index (χ4n) is 4.19. The van der Waals surface area contributed by atoms with Gasteiger partial charge >= 0.3 is 11.9 Å². The Morgan fingerprint density at radius 1 is 1.34 bits per heavy atom. The van der Waals surface area contributed by atoms with E-state index in [9.17, 15) is 10.1 Å². The minimum Gasteiger partial charge on any atom is -0.431 e. The third-order valence-electron chi connectivity index (χ3n) is 5.63. The molecule has 0 saturated carbocycles. The largest absolute Gasteiger partial charge is 0.512 e. The predicted molar refractivity (Wildman–Crippen MR) is 110 cm³/mol. The van der Waals surface area contributed by atoms with Gasteiger partial charge in [0, 0.05) is 0 Å². The minimum absolute atomic E-state index is 0.289. The maximum absolute atomic E-state index is 12.6. The summed E-state index contributed by atoms with van der Waals surface area (Å²) in [4.78, 5) is 16.6. The maximum atomic E-state index is 12.6. The maximum Gasteiger partial charge on any atom is 0.512 e. The highest BCUT2D eigenvalue weighted by Gasteiger charge is 2.67. The van der Waals surface area contributed by atoms with Gasteiger partial charge in [-0.2, -0.15) is 10.4 Å². The lowest BCUT2D eigenvalue weighted by atomic mass is 10.0. The third kappa shape index (κ3) is 3.74. The van der Waals surface area contributed by atoms with E-state index in [1.165, 1.54) is 6.33 Å². The quantitative estimate of drug-likeness (QED) is 0.659. The number of carbonyl (C=O) groups is 1. The van der Waals surface area contributed by atoms with E-state index < -0.39 is 36.0 Å². The van der Waals surface area contributed by atoms with E-state index in [2.05, 4.69) is 10.1 Å². The zero-order valence-electron chi connectivity index (χ0n) is 18.5. The highest BCUT2D eigenvalue weighted by Crippen LogP contribution is 2.50. The normalized spacial score (nSPS) is 29.4. The number of rotatable bonds is 6. The summed E-state index contributed by atoms with van der Waals surface area (Å²) in [5, 5.41) is 14.3. The van der Waals surface area contributed by atoms with Crippen LogP contribution in [0.25, 0.3) is 5.52 Å². The fraction of sp³-hybridized carbons (Fsp3) is 0.619. The van der Waals surface area contributed by atoms with Gasteiger partial charge in [0.2, 0.25) is 0 Å². The summed E-state index contributed by atoms with van der Waals surface area (Å²) in [5.41, 5.74) is 7.06. The molecule has 0 bridgehead atoms. The van der Waals surface area contributed by atoms with Crippen LogP contribution in [0.4, 0.5) is 10.6 Å². The second-order valence-electron chi connectivity index (χ2n) is 8.33. The van der Waals surface area contributed by atoms with Crippen molar-refractivity contribution in [1.82, 2.24) is 14.6 Å². The van der Waals surface area contributed by atoms with E-state index in [1.807, 2.05) is 19.9 Å². The molecule has 2 saturated heterocycles. The molecule has 2 aromatic rings. The Morgan fingerprint density at radius 3 is 2.81 bits per heavy atom. The van der Waals surface area contributed by atoms with Crippen molar-refractivity contribution in [3.8, 4) is 6.07 Å². The average Bonchev–Trinajstić information content (AvgIpc) is 3.39. The molecular weight excluding hydrogens is 418 g/mol.